The highest BCUT2D eigenvalue weighted by Crippen LogP contribution is 2.30. The Kier molecular flexibility index (Phi) is 7.74. The van der Waals surface area contributed by atoms with E-state index in [1.165, 1.54) is 18.2 Å². The van der Waals surface area contributed by atoms with Gasteiger partial charge in [0, 0.05) is 24.1 Å². The number of benzene rings is 1. The molecule has 0 spiro atoms. The van der Waals surface area contributed by atoms with Crippen molar-refractivity contribution >= 4 is 30.1 Å². The Hall–Kier alpha value is -2.64. The number of aromatic nitrogens is 1. The van der Waals surface area contributed by atoms with Gasteiger partial charge in [0.25, 0.3) is 0 Å². The van der Waals surface area contributed by atoms with Crippen molar-refractivity contribution in [3.8, 4) is 5.75 Å². The quantitative estimate of drug-likeness (QED) is 0.664. The molecule has 1 unspecified atom stereocenters. The lowest BCUT2D eigenvalue weighted by molar-refractivity contribution is -0.126. The third kappa shape index (κ3) is 5.40. The van der Waals surface area contributed by atoms with Crippen molar-refractivity contribution in [1.29, 1.82) is 0 Å². The Morgan fingerprint density at radius 1 is 1.16 bits per heavy atom. The molecule has 2 N–H and O–H groups in total. The number of methoxy groups -OCH3 is 1. The lowest BCUT2D eigenvalue weighted by Gasteiger charge is -2.32. The van der Waals surface area contributed by atoms with Crippen LogP contribution in [0.2, 0.25) is 0 Å². The molecular weight excluding hydrogens is 430 g/mol. The van der Waals surface area contributed by atoms with Crippen molar-refractivity contribution in [2.45, 2.75) is 45.1 Å². The maximum absolute atomic E-state index is 12.8. The molecule has 172 valence electrons. The highest BCUT2D eigenvalue weighted by Gasteiger charge is 2.34. The molecule has 1 aromatic carbocycles. The van der Waals surface area contributed by atoms with Crippen LogP contribution in [0.15, 0.2) is 36.5 Å². The average molecular weight is 460 g/mol. The van der Waals surface area contributed by atoms with Crippen LogP contribution in [0, 0.1) is 5.41 Å². The minimum absolute atomic E-state index is 0. The summed E-state index contributed by atoms with van der Waals surface area (Å²) < 4.78 is 11.0. The van der Waals surface area contributed by atoms with Gasteiger partial charge in [-0.05, 0) is 68.1 Å². The average Bonchev–Trinajstić information content (AvgIpc) is 2.79. The van der Waals surface area contributed by atoms with Gasteiger partial charge >= 0.3 is 5.97 Å². The molecule has 1 fully saturated rings. The summed E-state index contributed by atoms with van der Waals surface area (Å²) in [6, 6.07) is 9.30. The SMILES string of the molecule is COC(=O)c1ccc2c(c1)CCC(Oc1ccnc(NC(=O)C3(C)CCNCC3)c1)C2.Cl. The Bertz CT molecular complexity index is 975. The molecule has 2 heterocycles. The number of nitrogens with zero attached hydrogens (tertiary/aromatic N) is 1. The van der Waals surface area contributed by atoms with Gasteiger partial charge in [0.15, 0.2) is 0 Å². The number of fused-ring (bicyclic) bond motifs is 1. The van der Waals surface area contributed by atoms with Gasteiger partial charge in [0.2, 0.25) is 5.91 Å². The zero-order valence-corrected chi connectivity index (χ0v) is 19.3. The second-order valence-electron chi connectivity index (χ2n) is 8.60. The van der Waals surface area contributed by atoms with Crippen LogP contribution in [0.3, 0.4) is 0 Å². The number of anilines is 1. The standard InChI is InChI=1S/C24H29N3O4.ClH/c1-24(8-11-25-12-9-24)23(29)27-21-15-20(7-10-26-21)31-19-6-5-16-13-18(22(28)30-2)4-3-17(16)14-19;/h3-4,7,10,13,15,19,25H,5-6,8-9,11-12,14H2,1-2H3,(H,26,27,29);1H. The largest absolute Gasteiger partial charge is 0.490 e. The first kappa shape index (κ1) is 24.0. The van der Waals surface area contributed by atoms with Gasteiger partial charge in [-0.3, -0.25) is 4.79 Å². The Balaban J connectivity index is 0.00000289. The monoisotopic (exact) mass is 459 g/mol. The number of carbonyl (C=O) groups is 2. The van der Waals surface area contributed by atoms with Crippen LogP contribution in [-0.2, 0) is 22.4 Å². The maximum Gasteiger partial charge on any atom is 0.337 e. The fourth-order valence-corrected chi connectivity index (χ4v) is 4.29. The van der Waals surface area contributed by atoms with Crippen LogP contribution >= 0.6 is 12.4 Å². The van der Waals surface area contributed by atoms with Crippen LogP contribution < -0.4 is 15.4 Å². The summed E-state index contributed by atoms with van der Waals surface area (Å²) in [5.74, 6) is 0.902. The van der Waals surface area contributed by atoms with E-state index < -0.39 is 0 Å². The van der Waals surface area contributed by atoms with Crippen molar-refractivity contribution in [1.82, 2.24) is 10.3 Å². The van der Waals surface area contributed by atoms with Crippen molar-refractivity contribution in [2.24, 2.45) is 5.41 Å². The minimum Gasteiger partial charge on any atom is -0.490 e. The molecule has 8 heteroatoms. The first-order valence-corrected chi connectivity index (χ1v) is 10.8. The molecule has 1 amide bonds. The number of nitrogens with one attached hydrogen (secondary N) is 2. The number of aryl methyl sites for hydroxylation is 1. The molecule has 1 atom stereocenters. The summed E-state index contributed by atoms with van der Waals surface area (Å²) >= 11 is 0. The number of carbonyl (C=O) groups excluding carboxylic acids is 2. The third-order valence-electron chi connectivity index (χ3n) is 6.34. The summed E-state index contributed by atoms with van der Waals surface area (Å²) in [4.78, 5) is 28.8. The van der Waals surface area contributed by atoms with Crippen molar-refractivity contribution in [2.75, 3.05) is 25.5 Å². The Morgan fingerprint density at radius 2 is 1.94 bits per heavy atom. The van der Waals surface area contributed by atoms with Crippen LogP contribution in [0.4, 0.5) is 5.82 Å². The molecule has 1 saturated heterocycles. The smallest absolute Gasteiger partial charge is 0.337 e. The number of amides is 1. The van der Waals surface area contributed by atoms with E-state index in [9.17, 15) is 9.59 Å². The van der Waals surface area contributed by atoms with Gasteiger partial charge in [-0.25, -0.2) is 9.78 Å². The molecule has 4 rings (SSSR count). The van der Waals surface area contributed by atoms with Crippen molar-refractivity contribution in [3.63, 3.8) is 0 Å². The fraction of sp³-hybridized carbons (Fsp3) is 0.458. The first-order chi connectivity index (χ1) is 15.0. The third-order valence-corrected chi connectivity index (χ3v) is 6.34. The normalized spacial score (nSPS) is 19.1. The topological polar surface area (TPSA) is 89.6 Å². The molecule has 1 aliphatic heterocycles. The van der Waals surface area contributed by atoms with E-state index in [0.29, 0.717) is 17.1 Å². The van der Waals surface area contributed by atoms with Gasteiger partial charge in [0.1, 0.15) is 17.7 Å². The van der Waals surface area contributed by atoms with Crippen molar-refractivity contribution in [3.05, 3.63) is 53.2 Å². The summed E-state index contributed by atoms with van der Waals surface area (Å²) in [6.45, 7) is 3.71. The molecule has 2 aliphatic rings. The van der Waals surface area contributed by atoms with Gasteiger partial charge < -0.3 is 20.1 Å². The lowest BCUT2D eigenvalue weighted by Crippen LogP contribution is -2.42. The summed E-state index contributed by atoms with van der Waals surface area (Å²) in [6.07, 6.45) is 5.78. The molecule has 2 aromatic rings. The number of hydrogen-bond donors (Lipinski definition) is 2. The molecular formula is C24H30ClN3O4. The van der Waals surface area contributed by atoms with E-state index in [0.717, 1.165) is 45.2 Å². The predicted octanol–water partition coefficient (Wildman–Crippen LogP) is 3.55. The number of pyridine rings is 1. The molecule has 1 aromatic heterocycles. The fourth-order valence-electron chi connectivity index (χ4n) is 4.29. The van der Waals surface area contributed by atoms with Crippen LogP contribution in [0.25, 0.3) is 0 Å². The molecule has 1 aliphatic carbocycles. The second-order valence-corrected chi connectivity index (χ2v) is 8.60. The van der Waals surface area contributed by atoms with E-state index >= 15 is 0 Å². The van der Waals surface area contributed by atoms with Crippen LogP contribution in [0.5, 0.6) is 5.75 Å². The summed E-state index contributed by atoms with van der Waals surface area (Å²) in [5.41, 5.74) is 2.56. The number of esters is 1. The Labute approximate surface area is 194 Å². The number of halogens is 1. The van der Waals surface area contributed by atoms with Crippen LogP contribution in [0.1, 0.15) is 47.7 Å². The zero-order chi connectivity index (χ0) is 21.8. The van der Waals surface area contributed by atoms with E-state index in [2.05, 4.69) is 15.6 Å². The minimum atomic E-state index is -0.375. The summed E-state index contributed by atoms with van der Waals surface area (Å²) in [5, 5.41) is 6.26. The van der Waals surface area contributed by atoms with Gasteiger partial charge in [-0.2, -0.15) is 0 Å². The summed E-state index contributed by atoms with van der Waals surface area (Å²) in [7, 11) is 1.39. The Morgan fingerprint density at radius 3 is 2.69 bits per heavy atom. The van der Waals surface area contributed by atoms with E-state index in [1.807, 2.05) is 25.1 Å². The molecule has 7 nitrogen and oxygen atoms in total. The van der Waals surface area contributed by atoms with Gasteiger partial charge in [-0.1, -0.05) is 13.0 Å². The highest BCUT2D eigenvalue weighted by atomic mass is 35.5. The van der Waals surface area contributed by atoms with Gasteiger partial charge in [-0.15, -0.1) is 12.4 Å². The van der Waals surface area contributed by atoms with E-state index in [4.69, 9.17) is 9.47 Å². The van der Waals surface area contributed by atoms with Gasteiger partial charge in [0.05, 0.1) is 12.7 Å². The molecule has 0 radical (unpaired) electrons. The predicted molar refractivity (Wildman–Crippen MR) is 125 cm³/mol. The number of hydrogen-bond acceptors (Lipinski definition) is 6. The molecule has 32 heavy (non-hydrogen) atoms. The van der Waals surface area contributed by atoms with Crippen LogP contribution in [-0.4, -0.2) is 43.2 Å². The highest BCUT2D eigenvalue weighted by molar-refractivity contribution is 5.94. The number of ether oxygens (including phenoxy) is 2. The first-order valence-electron chi connectivity index (χ1n) is 10.8. The lowest BCUT2D eigenvalue weighted by atomic mass is 9.80. The number of piperidine rings is 1. The maximum atomic E-state index is 12.8. The molecule has 0 bridgehead atoms. The molecule has 0 saturated carbocycles. The van der Waals surface area contributed by atoms with E-state index in [-0.39, 0.29) is 35.8 Å². The number of rotatable bonds is 5. The zero-order valence-electron chi connectivity index (χ0n) is 18.5. The van der Waals surface area contributed by atoms with E-state index in [1.54, 1.807) is 18.3 Å². The second kappa shape index (κ2) is 10.3. The van der Waals surface area contributed by atoms with Crippen molar-refractivity contribution < 1.29 is 19.1 Å².